The number of carbonyl (C=O) groups excluding carboxylic acids is 2. The van der Waals surface area contributed by atoms with Crippen molar-refractivity contribution in [3.63, 3.8) is 0 Å². The predicted octanol–water partition coefficient (Wildman–Crippen LogP) is 9.57. The second-order valence-corrected chi connectivity index (χ2v) is 14.8. The molecule has 0 heterocycles. The maximum Gasteiger partial charge on any atom is 0.472 e. The van der Waals surface area contributed by atoms with Crippen LogP contribution in [-0.4, -0.2) is 74.9 Å². The summed E-state index contributed by atoms with van der Waals surface area (Å²) in [6.07, 6.45) is 33.0. The molecule has 0 saturated carbocycles. The second-order valence-electron chi connectivity index (χ2n) is 13.3. The number of unbranched alkanes of at least 4 members (excludes halogenated alkanes) is 13. The molecule has 0 aliphatic carbocycles. The summed E-state index contributed by atoms with van der Waals surface area (Å²) >= 11 is 0. The van der Waals surface area contributed by atoms with E-state index in [9.17, 15) is 19.0 Å². The highest BCUT2D eigenvalue weighted by Crippen LogP contribution is 2.43. The van der Waals surface area contributed by atoms with Gasteiger partial charge in [-0.25, -0.2) is 4.57 Å². The van der Waals surface area contributed by atoms with Crippen LogP contribution in [0.2, 0.25) is 0 Å². The third-order valence-electron chi connectivity index (χ3n) is 7.47. The SMILES string of the molecule is CC/C=C/C=C/C=C/C=C/CCCCCCCC(=O)O[C@H](COC(=O)CCCCCCCCCCC)COP(=O)(O)OCC[N+](C)(C)C. The zero-order valence-corrected chi connectivity index (χ0v) is 31.8. The first kappa shape index (κ1) is 46.0. The number of rotatable bonds is 32. The molecule has 0 aromatic rings. The van der Waals surface area contributed by atoms with Crippen LogP contribution in [0.5, 0.6) is 0 Å². The first-order valence-electron chi connectivity index (χ1n) is 18.4. The zero-order chi connectivity index (χ0) is 35.8. The predicted molar refractivity (Wildman–Crippen MR) is 196 cm³/mol. The molecule has 0 aromatic carbocycles. The lowest BCUT2D eigenvalue weighted by atomic mass is 10.1. The summed E-state index contributed by atoms with van der Waals surface area (Å²) in [4.78, 5) is 35.1. The van der Waals surface area contributed by atoms with Crippen molar-refractivity contribution in [3.8, 4) is 0 Å². The Morgan fingerprint density at radius 2 is 1.19 bits per heavy atom. The average Bonchev–Trinajstić information content (AvgIpc) is 3.02. The quantitative estimate of drug-likeness (QED) is 0.0243. The average molecular weight is 699 g/mol. The normalized spacial score (nSPS) is 14.4. The van der Waals surface area contributed by atoms with Gasteiger partial charge in [0, 0.05) is 12.8 Å². The summed E-state index contributed by atoms with van der Waals surface area (Å²) < 4.78 is 34.0. The molecular weight excluding hydrogens is 629 g/mol. The van der Waals surface area contributed by atoms with Crippen molar-refractivity contribution in [2.75, 3.05) is 47.5 Å². The van der Waals surface area contributed by atoms with Crippen molar-refractivity contribution in [3.05, 3.63) is 48.6 Å². The molecule has 0 aliphatic rings. The molecule has 10 heteroatoms. The minimum Gasteiger partial charge on any atom is -0.462 e. The lowest BCUT2D eigenvalue weighted by molar-refractivity contribution is -0.870. The molecule has 278 valence electrons. The van der Waals surface area contributed by atoms with Gasteiger partial charge in [-0.1, -0.05) is 133 Å². The van der Waals surface area contributed by atoms with Gasteiger partial charge in [0.05, 0.1) is 27.7 Å². The van der Waals surface area contributed by atoms with Crippen LogP contribution < -0.4 is 0 Å². The van der Waals surface area contributed by atoms with Gasteiger partial charge in [0.15, 0.2) is 6.10 Å². The van der Waals surface area contributed by atoms with Gasteiger partial charge in [-0.2, -0.15) is 0 Å². The Balaban J connectivity index is 4.51. The van der Waals surface area contributed by atoms with E-state index in [-0.39, 0.29) is 32.0 Å². The molecule has 0 aliphatic heterocycles. The highest BCUT2D eigenvalue weighted by atomic mass is 31.2. The van der Waals surface area contributed by atoms with E-state index in [0.717, 1.165) is 57.8 Å². The van der Waals surface area contributed by atoms with E-state index in [1.807, 2.05) is 51.5 Å². The van der Waals surface area contributed by atoms with Gasteiger partial charge >= 0.3 is 19.8 Å². The van der Waals surface area contributed by atoms with E-state index in [0.29, 0.717) is 17.4 Å². The summed E-state index contributed by atoms with van der Waals surface area (Å²) in [7, 11) is 1.45. The van der Waals surface area contributed by atoms with Gasteiger partial charge in [0.1, 0.15) is 19.8 Å². The number of hydrogen-bond donors (Lipinski definition) is 1. The van der Waals surface area contributed by atoms with Crippen molar-refractivity contribution in [1.82, 2.24) is 0 Å². The summed E-state index contributed by atoms with van der Waals surface area (Å²) in [6, 6.07) is 0. The summed E-state index contributed by atoms with van der Waals surface area (Å²) in [5, 5.41) is 0. The Bertz CT molecular complexity index is 970. The number of phosphoric ester groups is 1. The monoisotopic (exact) mass is 698 g/mol. The van der Waals surface area contributed by atoms with Gasteiger partial charge in [-0.05, 0) is 32.1 Å². The van der Waals surface area contributed by atoms with Crippen LogP contribution in [0.4, 0.5) is 0 Å². The second kappa shape index (κ2) is 31.0. The first-order valence-corrected chi connectivity index (χ1v) is 19.9. The minimum atomic E-state index is -4.37. The number of esters is 2. The lowest BCUT2D eigenvalue weighted by Gasteiger charge is -2.24. The van der Waals surface area contributed by atoms with Crippen LogP contribution in [-0.2, 0) is 32.7 Å². The van der Waals surface area contributed by atoms with E-state index in [2.05, 4.69) is 32.1 Å². The van der Waals surface area contributed by atoms with Crippen molar-refractivity contribution in [2.24, 2.45) is 0 Å². The smallest absolute Gasteiger partial charge is 0.462 e. The Kier molecular flexibility index (Phi) is 29.7. The molecule has 0 amide bonds. The van der Waals surface area contributed by atoms with Gasteiger partial charge in [-0.15, -0.1) is 0 Å². The van der Waals surface area contributed by atoms with Gasteiger partial charge < -0.3 is 18.9 Å². The van der Waals surface area contributed by atoms with Gasteiger partial charge in [-0.3, -0.25) is 18.6 Å². The molecule has 2 atom stereocenters. The number of ether oxygens (including phenoxy) is 2. The number of phosphoric acid groups is 1. The molecule has 0 radical (unpaired) electrons. The van der Waals surface area contributed by atoms with E-state index in [4.69, 9.17) is 18.5 Å². The molecule has 1 N–H and O–H groups in total. The van der Waals surface area contributed by atoms with Crippen LogP contribution in [0.15, 0.2) is 48.6 Å². The molecular formula is C38H69NO8P+. The fraction of sp³-hybridized carbons (Fsp3) is 0.737. The number of hydrogen-bond acceptors (Lipinski definition) is 7. The molecule has 0 saturated heterocycles. The summed E-state index contributed by atoms with van der Waals surface area (Å²) in [5.41, 5.74) is 0. The van der Waals surface area contributed by atoms with Crippen molar-refractivity contribution in [2.45, 2.75) is 136 Å². The number of quaternary nitrogens is 1. The van der Waals surface area contributed by atoms with Crippen LogP contribution in [0.1, 0.15) is 129 Å². The third kappa shape index (κ3) is 33.9. The summed E-state index contributed by atoms with van der Waals surface area (Å²) in [6.45, 7) is 4.20. The Labute approximate surface area is 293 Å². The lowest BCUT2D eigenvalue weighted by Crippen LogP contribution is -2.37. The fourth-order valence-corrected chi connectivity index (χ4v) is 5.29. The number of carbonyl (C=O) groups is 2. The molecule has 0 spiro atoms. The molecule has 0 aromatic heterocycles. The molecule has 0 rings (SSSR count). The Morgan fingerprint density at radius 3 is 1.77 bits per heavy atom. The topological polar surface area (TPSA) is 108 Å². The van der Waals surface area contributed by atoms with E-state index >= 15 is 0 Å². The van der Waals surface area contributed by atoms with Crippen molar-refractivity contribution in [1.29, 1.82) is 0 Å². The fourth-order valence-electron chi connectivity index (χ4n) is 4.55. The van der Waals surface area contributed by atoms with Crippen LogP contribution in [0.25, 0.3) is 0 Å². The summed E-state index contributed by atoms with van der Waals surface area (Å²) in [5.74, 6) is -0.834. The standard InChI is InChI=1S/C38H68NO8P/c1-6-8-10-12-14-16-17-18-19-20-21-23-25-27-29-31-38(41)47-36(35-46-48(42,43)45-33-32-39(3,4)5)34-44-37(40)30-28-26-24-22-15-13-11-9-7-2/h8,10,12,14,16-19,36H,6-7,9,11,13,15,20-35H2,1-5H3/p+1/b10-8+,14-12+,17-16+,19-18+/t36-/m1/s1. The number of likely N-dealkylation sites (N-methyl/N-ethyl adjacent to an activating group) is 1. The first-order chi connectivity index (χ1) is 23.0. The number of nitrogens with zero attached hydrogens (tertiary/aromatic N) is 1. The largest absolute Gasteiger partial charge is 0.472 e. The van der Waals surface area contributed by atoms with Crippen molar-refractivity contribution >= 4 is 19.8 Å². The van der Waals surface area contributed by atoms with E-state index in [1.165, 1.54) is 38.5 Å². The third-order valence-corrected chi connectivity index (χ3v) is 8.45. The maximum atomic E-state index is 12.6. The number of allylic oxidation sites excluding steroid dienone is 8. The Hall–Kier alpha value is -2.03. The zero-order valence-electron chi connectivity index (χ0n) is 31.0. The van der Waals surface area contributed by atoms with Gasteiger partial charge in [0.2, 0.25) is 0 Å². The van der Waals surface area contributed by atoms with Crippen molar-refractivity contribution < 1.29 is 42.1 Å². The van der Waals surface area contributed by atoms with E-state index in [1.54, 1.807) is 0 Å². The van der Waals surface area contributed by atoms with Crippen LogP contribution in [0, 0.1) is 0 Å². The molecule has 0 bridgehead atoms. The molecule has 0 fully saturated rings. The van der Waals surface area contributed by atoms with E-state index < -0.39 is 26.5 Å². The highest BCUT2D eigenvalue weighted by Gasteiger charge is 2.27. The van der Waals surface area contributed by atoms with Crippen LogP contribution >= 0.6 is 7.82 Å². The molecule has 48 heavy (non-hydrogen) atoms. The molecule has 1 unspecified atom stereocenters. The molecule has 9 nitrogen and oxygen atoms in total. The highest BCUT2D eigenvalue weighted by molar-refractivity contribution is 7.47. The van der Waals surface area contributed by atoms with Gasteiger partial charge in [0.25, 0.3) is 0 Å². The maximum absolute atomic E-state index is 12.6. The Morgan fingerprint density at radius 1 is 0.667 bits per heavy atom. The van der Waals surface area contributed by atoms with Crippen LogP contribution in [0.3, 0.4) is 0 Å². The minimum absolute atomic E-state index is 0.0254.